The molecule has 3 aromatic heterocycles. The van der Waals surface area contributed by atoms with Gasteiger partial charge < -0.3 is 4.42 Å². The maximum Gasteiger partial charge on any atom is 0.195 e. The van der Waals surface area contributed by atoms with Gasteiger partial charge in [-0.15, -0.1) is 0 Å². The molecule has 3 aromatic rings. The SMILES string of the molecule is c1ccc(C2CCCCN2Cc2cnc(-c3ccco3)nc2)nc1. The summed E-state index contributed by atoms with van der Waals surface area (Å²) in [6.45, 7) is 1.93. The lowest BCUT2D eigenvalue weighted by Gasteiger charge is -2.35. The highest BCUT2D eigenvalue weighted by atomic mass is 16.3. The molecule has 1 fully saturated rings. The van der Waals surface area contributed by atoms with Gasteiger partial charge in [-0.05, 0) is 43.7 Å². The minimum absolute atomic E-state index is 0.379. The van der Waals surface area contributed by atoms with Crippen LogP contribution in [-0.4, -0.2) is 26.4 Å². The number of rotatable bonds is 4. The van der Waals surface area contributed by atoms with Crippen molar-refractivity contribution in [1.29, 1.82) is 0 Å². The Bertz CT molecular complexity index is 756. The summed E-state index contributed by atoms with van der Waals surface area (Å²) in [7, 11) is 0. The number of hydrogen-bond donors (Lipinski definition) is 0. The van der Waals surface area contributed by atoms with E-state index in [1.165, 1.54) is 12.8 Å². The van der Waals surface area contributed by atoms with E-state index in [9.17, 15) is 0 Å². The Hall–Kier alpha value is -2.53. The number of piperidine rings is 1. The maximum absolute atomic E-state index is 5.34. The predicted molar refractivity (Wildman–Crippen MR) is 91.0 cm³/mol. The van der Waals surface area contributed by atoms with E-state index in [-0.39, 0.29) is 0 Å². The minimum atomic E-state index is 0.379. The summed E-state index contributed by atoms with van der Waals surface area (Å²) in [5.74, 6) is 1.33. The van der Waals surface area contributed by atoms with Gasteiger partial charge in [-0.3, -0.25) is 9.88 Å². The Morgan fingerprint density at radius 3 is 2.71 bits per heavy atom. The molecular formula is C19H20N4O. The normalized spacial score (nSPS) is 18.6. The molecule has 4 rings (SSSR count). The molecule has 5 heteroatoms. The highest BCUT2D eigenvalue weighted by Crippen LogP contribution is 2.30. The lowest BCUT2D eigenvalue weighted by Crippen LogP contribution is -2.33. The summed E-state index contributed by atoms with van der Waals surface area (Å²) in [5, 5.41) is 0. The van der Waals surface area contributed by atoms with Crippen molar-refractivity contribution in [2.75, 3.05) is 6.54 Å². The molecule has 24 heavy (non-hydrogen) atoms. The number of likely N-dealkylation sites (tertiary alicyclic amines) is 1. The fourth-order valence-corrected chi connectivity index (χ4v) is 3.29. The van der Waals surface area contributed by atoms with E-state index in [1.807, 2.05) is 36.8 Å². The van der Waals surface area contributed by atoms with Crippen LogP contribution in [-0.2, 0) is 6.54 Å². The number of pyridine rings is 1. The lowest BCUT2D eigenvalue weighted by atomic mass is 9.98. The largest absolute Gasteiger partial charge is 0.461 e. The Morgan fingerprint density at radius 2 is 1.96 bits per heavy atom. The average molecular weight is 320 g/mol. The van der Waals surface area contributed by atoms with Gasteiger partial charge in [-0.1, -0.05) is 12.5 Å². The molecule has 4 heterocycles. The summed E-state index contributed by atoms with van der Waals surface area (Å²) >= 11 is 0. The quantitative estimate of drug-likeness (QED) is 0.730. The molecular weight excluding hydrogens is 300 g/mol. The van der Waals surface area contributed by atoms with Crippen LogP contribution >= 0.6 is 0 Å². The van der Waals surface area contributed by atoms with Gasteiger partial charge in [0, 0.05) is 30.7 Å². The highest BCUT2D eigenvalue weighted by Gasteiger charge is 2.25. The highest BCUT2D eigenvalue weighted by molar-refractivity contribution is 5.45. The van der Waals surface area contributed by atoms with Crippen molar-refractivity contribution in [3.05, 3.63) is 66.4 Å². The van der Waals surface area contributed by atoms with Gasteiger partial charge in [0.2, 0.25) is 0 Å². The van der Waals surface area contributed by atoms with Gasteiger partial charge >= 0.3 is 0 Å². The maximum atomic E-state index is 5.34. The van der Waals surface area contributed by atoms with Crippen molar-refractivity contribution < 1.29 is 4.42 Å². The van der Waals surface area contributed by atoms with E-state index < -0.39 is 0 Å². The second kappa shape index (κ2) is 6.93. The Labute approximate surface area is 141 Å². The summed E-state index contributed by atoms with van der Waals surface area (Å²) in [4.78, 5) is 15.9. The molecule has 0 amide bonds. The van der Waals surface area contributed by atoms with E-state index in [2.05, 4.69) is 32.0 Å². The zero-order chi connectivity index (χ0) is 16.2. The molecule has 1 unspecified atom stereocenters. The van der Waals surface area contributed by atoms with Gasteiger partial charge in [0.1, 0.15) is 0 Å². The van der Waals surface area contributed by atoms with Crippen molar-refractivity contribution in [2.45, 2.75) is 31.8 Å². The van der Waals surface area contributed by atoms with E-state index in [4.69, 9.17) is 4.42 Å². The summed E-state index contributed by atoms with van der Waals surface area (Å²) in [6.07, 6.45) is 11.0. The predicted octanol–water partition coefficient (Wildman–Crippen LogP) is 3.86. The van der Waals surface area contributed by atoms with Gasteiger partial charge in [-0.2, -0.15) is 0 Å². The van der Waals surface area contributed by atoms with E-state index >= 15 is 0 Å². The van der Waals surface area contributed by atoms with Gasteiger partial charge in [0.05, 0.1) is 18.0 Å². The van der Waals surface area contributed by atoms with E-state index in [0.717, 1.165) is 30.8 Å². The average Bonchev–Trinajstić information content (AvgIpc) is 3.18. The third-order valence-corrected chi connectivity index (χ3v) is 4.48. The van der Waals surface area contributed by atoms with Crippen LogP contribution in [0.2, 0.25) is 0 Å². The number of nitrogens with zero attached hydrogens (tertiary/aromatic N) is 4. The van der Waals surface area contributed by atoms with Crippen LogP contribution in [0.5, 0.6) is 0 Å². The first-order valence-corrected chi connectivity index (χ1v) is 8.40. The summed E-state index contributed by atoms with van der Waals surface area (Å²) in [6, 6.07) is 10.3. The molecule has 1 saturated heterocycles. The van der Waals surface area contributed by atoms with Crippen LogP contribution in [0, 0.1) is 0 Å². The molecule has 0 bridgehead atoms. The van der Waals surface area contributed by atoms with Crippen LogP contribution in [0.25, 0.3) is 11.6 Å². The minimum Gasteiger partial charge on any atom is -0.461 e. The van der Waals surface area contributed by atoms with Gasteiger partial charge in [-0.25, -0.2) is 9.97 Å². The van der Waals surface area contributed by atoms with Gasteiger partial charge in [0.15, 0.2) is 11.6 Å². The van der Waals surface area contributed by atoms with Gasteiger partial charge in [0.25, 0.3) is 0 Å². The van der Waals surface area contributed by atoms with Crippen LogP contribution < -0.4 is 0 Å². The third kappa shape index (κ3) is 3.21. The lowest BCUT2D eigenvalue weighted by molar-refractivity contribution is 0.137. The molecule has 1 atom stereocenters. The Morgan fingerprint density at radius 1 is 1.04 bits per heavy atom. The van der Waals surface area contributed by atoms with Crippen LogP contribution in [0.3, 0.4) is 0 Å². The molecule has 0 N–H and O–H groups in total. The molecule has 0 spiro atoms. The first-order chi connectivity index (χ1) is 11.9. The fraction of sp³-hybridized carbons (Fsp3) is 0.316. The first-order valence-electron chi connectivity index (χ1n) is 8.40. The summed E-state index contributed by atoms with van der Waals surface area (Å²) in [5.41, 5.74) is 2.28. The molecule has 5 nitrogen and oxygen atoms in total. The number of aromatic nitrogens is 3. The Balaban J connectivity index is 1.50. The smallest absolute Gasteiger partial charge is 0.195 e. The molecule has 1 aliphatic rings. The third-order valence-electron chi connectivity index (χ3n) is 4.48. The van der Waals surface area contributed by atoms with Crippen molar-refractivity contribution in [3.8, 4) is 11.6 Å². The van der Waals surface area contributed by atoms with E-state index in [0.29, 0.717) is 17.6 Å². The van der Waals surface area contributed by atoms with Crippen molar-refractivity contribution in [2.24, 2.45) is 0 Å². The van der Waals surface area contributed by atoms with Crippen LogP contribution in [0.15, 0.2) is 59.6 Å². The zero-order valence-electron chi connectivity index (χ0n) is 13.5. The Kier molecular flexibility index (Phi) is 4.34. The second-order valence-electron chi connectivity index (χ2n) is 6.13. The topological polar surface area (TPSA) is 55.1 Å². The van der Waals surface area contributed by atoms with E-state index in [1.54, 1.807) is 6.26 Å². The molecule has 0 aliphatic carbocycles. The summed E-state index contributed by atoms with van der Waals surface area (Å²) < 4.78 is 5.34. The van der Waals surface area contributed by atoms with Crippen LogP contribution in [0.4, 0.5) is 0 Å². The monoisotopic (exact) mass is 320 g/mol. The van der Waals surface area contributed by atoms with Crippen molar-refractivity contribution >= 4 is 0 Å². The zero-order valence-corrected chi connectivity index (χ0v) is 13.5. The molecule has 0 saturated carbocycles. The molecule has 1 aliphatic heterocycles. The molecule has 0 radical (unpaired) electrons. The number of furan rings is 1. The second-order valence-corrected chi connectivity index (χ2v) is 6.13. The first kappa shape index (κ1) is 15.0. The van der Waals surface area contributed by atoms with Crippen molar-refractivity contribution in [1.82, 2.24) is 19.9 Å². The van der Waals surface area contributed by atoms with Crippen molar-refractivity contribution in [3.63, 3.8) is 0 Å². The molecule has 0 aromatic carbocycles. The standard InChI is InChI=1S/C19H20N4O/c1-3-9-20-16(6-1)17-7-2-4-10-23(17)14-15-12-21-19(22-13-15)18-8-5-11-24-18/h1,3,5-6,8-9,11-13,17H,2,4,7,10,14H2. The fourth-order valence-electron chi connectivity index (χ4n) is 3.29. The molecule has 122 valence electrons. The van der Waals surface area contributed by atoms with Crippen LogP contribution in [0.1, 0.15) is 36.6 Å². The number of hydrogen-bond acceptors (Lipinski definition) is 5.